The van der Waals surface area contributed by atoms with Gasteiger partial charge >= 0.3 is 0 Å². The predicted molar refractivity (Wildman–Crippen MR) is 109 cm³/mol. The fraction of sp³-hybridized carbons (Fsp3) is 0.565. The number of ether oxygens (including phenoxy) is 3. The van der Waals surface area contributed by atoms with Gasteiger partial charge in [0.25, 0.3) is 0 Å². The molecule has 0 aromatic heterocycles. The first-order valence-electron chi connectivity index (χ1n) is 10.1. The largest absolute Gasteiger partial charge is 0.498 e. The van der Waals surface area contributed by atoms with Crippen molar-refractivity contribution in [2.45, 2.75) is 66.8 Å². The number of methoxy groups -OCH3 is 1. The van der Waals surface area contributed by atoms with Crippen LogP contribution in [-0.4, -0.2) is 20.0 Å². The van der Waals surface area contributed by atoms with Crippen molar-refractivity contribution >= 4 is 0 Å². The molecule has 0 radical (unpaired) electrons. The van der Waals surface area contributed by atoms with Crippen LogP contribution < -0.4 is 0 Å². The standard InChI is InChI=1S/C21H28F2O3.C2H6/c1-5-16-6-8-17(9-7-16)13-26-15(3)25-12-14(2)18-10-11-19(24-4)21(23)20(18)22;1-2/h6-9,14-15H,5,10-13H2,1-4H3;1-2H3. The van der Waals surface area contributed by atoms with Gasteiger partial charge in [0.15, 0.2) is 17.9 Å². The topological polar surface area (TPSA) is 27.7 Å². The summed E-state index contributed by atoms with van der Waals surface area (Å²) in [5, 5.41) is 0. The van der Waals surface area contributed by atoms with Crippen LogP contribution in [0.2, 0.25) is 0 Å². The van der Waals surface area contributed by atoms with Crippen molar-refractivity contribution in [2.75, 3.05) is 13.7 Å². The third-order valence-corrected chi connectivity index (χ3v) is 4.68. The van der Waals surface area contributed by atoms with Gasteiger partial charge in [-0.2, -0.15) is 0 Å². The molecule has 0 saturated heterocycles. The maximum Gasteiger partial charge on any atom is 0.196 e. The Hall–Kier alpha value is -1.72. The summed E-state index contributed by atoms with van der Waals surface area (Å²) in [6.45, 7) is 10.5. The molecule has 2 unspecified atom stereocenters. The van der Waals surface area contributed by atoms with Gasteiger partial charge in [-0.3, -0.25) is 0 Å². The van der Waals surface area contributed by atoms with E-state index in [0.29, 0.717) is 25.0 Å². The molecule has 1 aromatic carbocycles. The summed E-state index contributed by atoms with van der Waals surface area (Å²) in [7, 11) is 1.36. The zero-order valence-corrected chi connectivity index (χ0v) is 18.0. The highest BCUT2D eigenvalue weighted by Gasteiger charge is 2.26. The molecule has 0 bridgehead atoms. The summed E-state index contributed by atoms with van der Waals surface area (Å²) in [6, 6.07) is 8.25. The fourth-order valence-electron chi connectivity index (χ4n) is 2.90. The van der Waals surface area contributed by atoms with Crippen molar-refractivity contribution in [1.29, 1.82) is 0 Å². The van der Waals surface area contributed by atoms with Gasteiger partial charge in [-0.15, -0.1) is 0 Å². The van der Waals surface area contributed by atoms with Gasteiger partial charge in [0.2, 0.25) is 0 Å². The van der Waals surface area contributed by atoms with Gasteiger partial charge in [0.1, 0.15) is 5.76 Å². The molecule has 0 fully saturated rings. The van der Waals surface area contributed by atoms with E-state index in [4.69, 9.17) is 14.2 Å². The van der Waals surface area contributed by atoms with Crippen LogP contribution in [0.4, 0.5) is 8.78 Å². The first-order chi connectivity index (χ1) is 13.5. The molecule has 0 saturated carbocycles. The molecule has 2 atom stereocenters. The SMILES string of the molecule is CC.CCc1ccc(COC(C)OCC(C)C2=C(F)C(F)=C(OC)CC2)cc1. The summed E-state index contributed by atoms with van der Waals surface area (Å²) < 4.78 is 44.3. The van der Waals surface area contributed by atoms with Gasteiger partial charge < -0.3 is 14.2 Å². The third-order valence-electron chi connectivity index (χ3n) is 4.68. The van der Waals surface area contributed by atoms with Crippen molar-refractivity contribution in [1.82, 2.24) is 0 Å². The maximum absolute atomic E-state index is 14.2. The van der Waals surface area contributed by atoms with E-state index in [9.17, 15) is 8.78 Å². The zero-order chi connectivity index (χ0) is 21.1. The minimum atomic E-state index is -0.888. The lowest BCUT2D eigenvalue weighted by Crippen LogP contribution is -2.20. The maximum atomic E-state index is 14.2. The van der Waals surface area contributed by atoms with E-state index >= 15 is 0 Å². The predicted octanol–water partition coefficient (Wildman–Crippen LogP) is 6.64. The molecule has 0 spiro atoms. The number of aryl methyl sites for hydroxylation is 1. The lowest BCUT2D eigenvalue weighted by atomic mass is 9.92. The van der Waals surface area contributed by atoms with Crippen molar-refractivity contribution in [3.05, 3.63) is 58.4 Å². The van der Waals surface area contributed by atoms with Gasteiger partial charge in [0, 0.05) is 12.3 Å². The molecular weight excluding hydrogens is 362 g/mol. The van der Waals surface area contributed by atoms with E-state index in [1.165, 1.54) is 12.7 Å². The van der Waals surface area contributed by atoms with Gasteiger partial charge in [-0.25, -0.2) is 8.78 Å². The summed E-state index contributed by atoms with van der Waals surface area (Å²) in [5.74, 6) is -1.85. The molecule has 0 N–H and O–H groups in total. The molecule has 0 aliphatic heterocycles. The number of rotatable bonds is 9. The van der Waals surface area contributed by atoms with Crippen molar-refractivity contribution < 1.29 is 23.0 Å². The van der Waals surface area contributed by atoms with Crippen LogP contribution in [0, 0.1) is 5.92 Å². The summed E-state index contributed by atoms with van der Waals surface area (Å²) in [4.78, 5) is 0. The van der Waals surface area contributed by atoms with E-state index in [2.05, 4.69) is 19.1 Å². The molecule has 0 amide bonds. The van der Waals surface area contributed by atoms with Crippen LogP contribution in [-0.2, 0) is 27.2 Å². The molecular formula is C23H34F2O3. The van der Waals surface area contributed by atoms with E-state index in [1.807, 2.05) is 39.8 Å². The van der Waals surface area contributed by atoms with Crippen LogP contribution in [0.15, 0.2) is 47.3 Å². The highest BCUT2D eigenvalue weighted by atomic mass is 19.2. The van der Waals surface area contributed by atoms with Crippen molar-refractivity contribution in [3.8, 4) is 0 Å². The molecule has 1 aliphatic rings. The van der Waals surface area contributed by atoms with Crippen LogP contribution in [0.1, 0.15) is 58.6 Å². The van der Waals surface area contributed by atoms with Gasteiger partial charge in [0.05, 0.1) is 20.3 Å². The second kappa shape index (κ2) is 12.7. The van der Waals surface area contributed by atoms with Crippen LogP contribution >= 0.6 is 0 Å². The van der Waals surface area contributed by atoms with E-state index in [-0.39, 0.29) is 18.3 Å². The summed E-state index contributed by atoms with van der Waals surface area (Å²) in [5.41, 5.74) is 2.80. The smallest absolute Gasteiger partial charge is 0.196 e. The molecule has 158 valence electrons. The molecule has 1 aliphatic carbocycles. The monoisotopic (exact) mass is 396 g/mol. The van der Waals surface area contributed by atoms with E-state index in [0.717, 1.165) is 12.0 Å². The molecule has 1 aromatic rings. The van der Waals surface area contributed by atoms with Crippen LogP contribution in [0.3, 0.4) is 0 Å². The lowest BCUT2D eigenvalue weighted by molar-refractivity contribution is -0.142. The Morgan fingerprint density at radius 1 is 0.929 bits per heavy atom. The molecule has 3 nitrogen and oxygen atoms in total. The normalized spacial score (nSPS) is 16.4. The number of allylic oxidation sites excluding steroid dienone is 3. The average Bonchev–Trinajstić information content (AvgIpc) is 2.74. The second-order valence-electron chi connectivity index (χ2n) is 6.56. The number of hydrogen-bond donors (Lipinski definition) is 0. The Labute approximate surface area is 168 Å². The Kier molecular flexibility index (Phi) is 11.0. The van der Waals surface area contributed by atoms with Crippen LogP contribution in [0.5, 0.6) is 0 Å². The highest BCUT2D eigenvalue weighted by molar-refractivity contribution is 5.33. The van der Waals surface area contributed by atoms with Gasteiger partial charge in [-0.1, -0.05) is 52.0 Å². The van der Waals surface area contributed by atoms with Crippen molar-refractivity contribution in [3.63, 3.8) is 0 Å². The quantitative estimate of drug-likeness (QED) is 0.438. The summed E-state index contributed by atoms with van der Waals surface area (Å²) >= 11 is 0. The highest BCUT2D eigenvalue weighted by Crippen LogP contribution is 2.36. The lowest BCUT2D eigenvalue weighted by Gasteiger charge is -2.23. The van der Waals surface area contributed by atoms with E-state index in [1.54, 1.807) is 0 Å². The molecule has 0 heterocycles. The third kappa shape index (κ3) is 7.02. The second-order valence-corrected chi connectivity index (χ2v) is 6.56. The minimum Gasteiger partial charge on any atom is -0.498 e. The number of benzene rings is 1. The van der Waals surface area contributed by atoms with Gasteiger partial charge in [-0.05, 0) is 36.5 Å². The minimum absolute atomic E-state index is 0.0742. The zero-order valence-electron chi connectivity index (χ0n) is 18.0. The molecule has 5 heteroatoms. The first kappa shape index (κ1) is 24.3. The molecule has 28 heavy (non-hydrogen) atoms. The Bertz CT molecular complexity index is 650. The summed E-state index contributed by atoms with van der Waals surface area (Å²) in [6.07, 6.45) is 1.39. The Morgan fingerprint density at radius 2 is 1.54 bits per heavy atom. The van der Waals surface area contributed by atoms with Crippen LogP contribution in [0.25, 0.3) is 0 Å². The average molecular weight is 397 g/mol. The number of hydrogen-bond acceptors (Lipinski definition) is 3. The van der Waals surface area contributed by atoms with Crippen molar-refractivity contribution in [2.24, 2.45) is 5.92 Å². The Balaban J connectivity index is 0.00000190. The molecule has 2 rings (SSSR count). The fourth-order valence-corrected chi connectivity index (χ4v) is 2.90. The first-order valence-corrected chi connectivity index (χ1v) is 10.1. The Morgan fingerprint density at radius 3 is 2.11 bits per heavy atom. The van der Waals surface area contributed by atoms with E-state index < -0.39 is 17.9 Å². The number of halogens is 2.